The predicted molar refractivity (Wildman–Crippen MR) is 59.6 cm³/mol. The van der Waals surface area contributed by atoms with Crippen molar-refractivity contribution in [1.29, 1.82) is 0 Å². The number of rotatable bonds is 3. The van der Waals surface area contributed by atoms with Gasteiger partial charge in [-0.2, -0.15) is 0 Å². The van der Waals surface area contributed by atoms with Crippen LogP contribution in [0.2, 0.25) is 0 Å². The maximum atomic E-state index is 4.01. The van der Waals surface area contributed by atoms with Crippen molar-refractivity contribution in [3.8, 4) is 0 Å². The summed E-state index contributed by atoms with van der Waals surface area (Å²) in [5.41, 5.74) is 3.62. The molecule has 0 aromatic heterocycles. The molecule has 1 rings (SSSR count). The Bertz CT molecular complexity index is 321. The van der Waals surface area contributed by atoms with Gasteiger partial charge >= 0.3 is 0 Å². The SMILES string of the molecule is [CH2]C(C=C)c1cccc(C)c1C=C. The molecule has 0 nitrogen and oxygen atoms in total. The summed E-state index contributed by atoms with van der Waals surface area (Å²) in [6.45, 7) is 13.6. The Labute approximate surface area is 80.6 Å². The lowest BCUT2D eigenvalue weighted by Crippen LogP contribution is -1.95. The molecule has 0 saturated heterocycles. The Morgan fingerprint density at radius 3 is 2.54 bits per heavy atom. The molecule has 13 heavy (non-hydrogen) atoms. The first kappa shape index (κ1) is 9.79. The molecule has 0 aliphatic rings. The summed E-state index contributed by atoms with van der Waals surface area (Å²) in [6, 6.07) is 6.19. The predicted octanol–water partition coefficient (Wildman–Crippen LogP) is 3.74. The van der Waals surface area contributed by atoms with Crippen LogP contribution in [0.5, 0.6) is 0 Å². The minimum atomic E-state index is 0.146. The van der Waals surface area contributed by atoms with Gasteiger partial charge in [0.05, 0.1) is 0 Å². The van der Waals surface area contributed by atoms with Crippen LogP contribution in [0.15, 0.2) is 37.4 Å². The third-order valence-electron chi connectivity index (χ3n) is 2.25. The van der Waals surface area contributed by atoms with Crippen molar-refractivity contribution in [3.63, 3.8) is 0 Å². The molecule has 1 radical (unpaired) electrons. The van der Waals surface area contributed by atoms with Crippen LogP contribution in [-0.2, 0) is 0 Å². The van der Waals surface area contributed by atoms with Crippen molar-refractivity contribution in [3.05, 3.63) is 61.0 Å². The van der Waals surface area contributed by atoms with E-state index in [1.165, 1.54) is 16.7 Å². The Morgan fingerprint density at radius 1 is 1.31 bits per heavy atom. The molecule has 0 saturated carbocycles. The van der Waals surface area contributed by atoms with E-state index in [0.717, 1.165) is 0 Å². The number of hydrogen-bond acceptors (Lipinski definition) is 0. The summed E-state index contributed by atoms with van der Waals surface area (Å²) in [5, 5.41) is 0. The molecule has 0 bridgehead atoms. The normalized spacial score (nSPS) is 12.2. The number of aryl methyl sites for hydroxylation is 1. The van der Waals surface area contributed by atoms with E-state index < -0.39 is 0 Å². The maximum absolute atomic E-state index is 4.01. The molecule has 1 aromatic carbocycles. The highest BCUT2D eigenvalue weighted by Gasteiger charge is 2.06. The largest absolute Gasteiger partial charge is 0.102 e. The topological polar surface area (TPSA) is 0 Å². The summed E-state index contributed by atoms with van der Waals surface area (Å²) in [7, 11) is 0. The van der Waals surface area contributed by atoms with E-state index in [9.17, 15) is 0 Å². The molecule has 67 valence electrons. The van der Waals surface area contributed by atoms with Crippen LogP contribution in [0.1, 0.15) is 22.6 Å². The van der Waals surface area contributed by atoms with Crippen LogP contribution < -0.4 is 0 Å². The minimum Gasteiger partial charge on any atom is -0.102 e. The smallest absolute Gasteiger partial charge is 0.00216 e. The molecule has 0 aliphatic heterocycles. The van der Waals surface area contributed by atoms with Crippen LogP contribution >= 0.6 is 0 Å². The summed E-state index contributed by atoms with van der Waals surface area (Å²) in [4.78, 5) is 0. The van der Waals surface area contributed by atoms with Gasteiger partial charge in [0, 0.05) is 5.92 Å². The van der Waals surface area contributed by atoms with Gasteiger partial charge < -0.3 is 0 Å². The number of hydrogen-bond donors (Lipinski definition) is 0. The Balaban J connectivity index is 3.27. The first-order chi connectivity index (χ1) is 6.20. The second-order valence-electron chi connectivity index (χ2n) is 3.12. The van der Waals surface area contributed by atoms with E-state index in [4.69, 9.17) is 0 Å². The highest BCUT2D eigenvalue weighted by Crippen LogP contribution is 2.23. The Kier molecular flexibility index (Phi) is 3.07. The molecule has 0 amide bonds. The average Bonchev–Trinajstić information content (AvgIpc) is 2.16. The van der Waals surface area contributed by atoms with E-state index in [2.05, 4.69) is 39.1 Å². The number of allylic oxidation sites excluding steroid dienone is 1. The summed E-state index contributed by atoms with van der Waals surface area (Å²) in [6.07, 6.45) is 3.73. The quantitative estimate of drug-likeness (QED) is 0.608. The van der Waals surface area contributed by atoms with Crippen molar-refractivity contribution in [1.82, 2.24) is 0 Å². The highest BCUT2D eigenvalue weighted by molar-refractivity contribution is 5.58. The van der Waals surface area contributed by atoms with E-state index in [1.807, 2.05) is 18.2 Å². The fraction of sp³-hybridized carbons (Fsp3) is 0.154. The Hall–Kier alpha value is -1.30. The summed E-state index contributed by atoms with van der Waals surface area (Å²) >= 11 is 0. The van der Waals surface area contributed by atoms with Crippen LogP contribution in [0.3, 0.4) is 0 Å². The summed E-state index contributed by atoms with van der Waals surface area (Å²) in [5.74, 6) is 0.146. The van der Waals surface area contributed by atoms with Gasteiger partial charge in [0.25, 0.3) is 0 Å². The third-order valence-corrected chi connectivity index (χ3v) is 2.25. The highest BCUT2D eigenvalue weighted by atomic mass is 14.1. The van der Waals surface area contributed by atoms with Crippen LogP contribution in [0.4, 0.5) is 0 Å². The molecule has 1 atom stereocenters. The lowest BCUT2D eigenvalue weighted by atomic mass is 9.93. The lowest BCUT2D eigenvalue weighted by Gasteiger charge is -2.12. The lowest BCUT2D eigenvalue weighted by molar-refractivity contribution is 1.07. The van der Waals surface area contributed by atoms with Crippen molar-refractivity contribution in [2.24, 2.45) is 0 Å². The molecular formula is C13H15. The molecule has 0 spiro atoms. The Morgan fingerprint density at radius 2 is 2.00 bits per heavy atom. The molecular weight excluding hydrogens is 156 g/mol. The number of benzene rings is 1. The van der Waals surface area contributed by atoms with Crippen LogP contribution in [-0.4, -0.2) is 0 Å². The van der Waals surface area contributed by atoms with Gasteiger partial charge in [-0.25, -0.2) is 0 Å². The molecule has 0 aliphatic carbocycles. The first-order valence-corrected chi connectivity index (χ1v) is 4.38. The summed E-state index contributed by atoms with van der Waals surface area (Å²) < 4.78 is 0. The average molecular weight is 171 g/mol. The van der Waals surface area contributed by atoms with Gasteiger partial charge in [-0.05, 0) is 30.5 Å². The molecule has 0 fully saturated rings. The van der Waals surface area contributed by atoms with E-state index in [0.29, 0.717) is 0 Å². The zero-order valence-corrected chi connectivity index (χ0v) is 8.09. The fourth-order valence-electron chi connectivity index (χ4n) is 1.43. The van der Waals surface area contributed by atoms with Gasteiger partial charge in [0.1, 0.15) is 0 Å². The van der Waals surface area contributed by atoms with E-state index in [1.54, 1.807) is 0 Å². The fourth-order valence-corrected chi connectivity index (χ4v) is 1.43. The third kappa shape index (κ3) is 1.89. The minimum absolute atomic E-state index is 0.146. The first-order valence-electron chi connectivity index (χ1n) is 4.38. The van der Waals surface area contributed by atoms with E-state index >= 15 is 0 Å². The zero-order chi connectivity index (χ0) is 9.84. The van der Waals surface area contributed by atoms with Gasteiger partial charge in [-0.15, -0.1) is 6.58 Å². The van der Waals surface area contributed by atoms with Gasteiger partial charge in [-0.1, -0.05) is 36.9 Å². The van der Waals surface area contributed by atoms with E-state index in [-0.39, 0.29) is 5.92 Å². The molecule has 0 N–H and O–H groups in total. The van der Waals surface area contributed by atoms with Crippen LogP contribution in [0, 0.1) is 13.8 Å². The second kappa shape index (κ2) is 4.08. The molecule has 1 aromatic rings. The van der Waals surface area contributed by atoms with Crippen molar-refractivity contribution in [2.75, 3.05) is 0 Å². The van der Waals surface area contributed by atoms with Crippen molar-refractivity contribution < 1.29 is 0 Å². The molecule has 0 heteroatoms. The van der Waals surface area contributed by atoms with Crippen molar-refractivity contribution in [2.45, 2.75) is 12.8 Å². The van der Waals surface area contributed by atoms with Gasteiger partial charge in [0.15, 0.2) is 0 Å². The van der Waals surface area contributed by atoms with Gasteiger partial charge in [0.2, 0.25) is 0 Å². The second-order valence-corrected chi connectivity index (χ2v) is 3.12. The van der Waals surface area contributed by atoms with Crippen molar-refractivity contribution >= 4 is 6.08 Å². The van der Waals surface area contributed by atoms with Gasteiger partial charge in [-0.3, -0.25) is 0 Å². The van der Waals surface area contributed by atoms with Crippen LogP contribution in [0.25, 0.3) is 6.08 Å². The standard InChI is InChI=1S/C13H15/c1-5-10(3)13-9-7-8-11(4)12(13)6-2/h5-10H,1-3H2,4H3. The molecule has 1 unspecified atom stereocenters. The zero-order valence-electron chi connectivity index (χ0n) is 8.09. The monoisotopic (exact) mass is 171 g/mol. The molecule has 0 heterocycles. The maximum Gasteiger partial charge on any atom is 0.00216 e.